The summed E-state index contributed by atoms with van der Waals surface area (Å²) in [5.41, 5.74) is -2.15. The fourth-order valence-electron chi connectivity index (χ4n) is 1.97. The van der Waals surface area contributed by atoms with E-state index < -0.39 is 27.5 Å². The Morgan fingerprint density at radius 1 is 1.16 bits per heavy atom. The second-order valence-electron chi connectivity index (χ2n) is 6.90. The number of aromatic nitrogens is 2. The van der Waals surface area contributed by atoms with E-state index in [1.54, 1.807) is 32.9 Å². The van der Waals surface area contributed by atoms with E-state index in [0.29, 0.717) is 4.60 Å². The zero-order valence-corrected chi connectivity index (χ0v) is 17.7. The van der Waals surface area contributed by atoms with Gasteiger partial charge in [0.15, 0.2) is 5.82 Å². The smallest absolute Gasteiger partial charge is 0.408 e. The molecular weight excluding hydrogens is 435 g/mol. The number of hydrogen-bond donors (Lipinski definition) is 2. The molecule has 0 saturated heterocycles. The number of carbonyl (C=O) groups excluding carboxylic acids is 2. The van der Waals surface area contributed by atoms with Crippen molar-refractivity contribution in [2.45, 2.75) is 56.5 Å². The van der Waals surface area contributed by atoms with Crippen molar-refractivity contribution < 1.29 is 14.3 Å². The second kappa shape index (κ2) is 8.05. The standard InChI is InChI=1S/C15H21BrCl2N4O3/c1-13(2,3)25-12(24)20-14(4,8-15(5,17)18)11(23)19-10-7-6-9(16)21-22-10/h6-7H,8H2,1-5H3,(H,20,24)(H,19,22,23)/t14-/m0/s1. The van der Waals surface area contributed by atoms with Gasteiger partial charge in [-0.15, -0.1) is 33.4 Å². The summed E-state index contributed by atoms with van der Waals surface area (Å²) in [6.07, 6.45) is -0.817. The molecule has 140 valence electrons. The van der Waals surface area contributed by atoms with Crippen LogP contribution in [0.15, 0.2) is 16.7 Å². The maximum absolute atomic E-state index is 12.7. The molecule has 25 heavy (non-hydrogen) atoms. The predicted molar refractivity (Wildman–Crippen MR) is 101 cm³/mol. The van der Waals surface area contributed by atoms with Crippen LogP contribution in [0.1, 0.15) is 41.0 Å². The van der Waals surface area contributed by atoms with Gasteiger partial charge in [-0.1, -0.05) is 0 Å². The summed E-state index contributed by atoms with van der Waals surface area (Å²) >= 11 is 15.3. The Morgan fingerprint density at radius 3 is 2.20 bits per heavy atom. The van der Waals surface area contributed by atoms with Gasteiger partial charge < -0.3 is 15.4 Å². The van der Waals surface area contributed by atoms with Crippen molar-refractivity contribution in [2.24, 2.45) is 0 Å². The molecule has 1 rings (SSSR count). The summed E-state index contributed by atoms with van der Waals surface area (Å²) < 4.78 is 4.48. The summed E-state index contributed by atoms with van der Waals surface area (Å²) in [5.74, 6) is -0.334. The van der Waals surface area contributed by atoms with Gasteiger partial charge >= 0.3 is 6.09 Å². The minimum absolute atomic E-state index is 0.0574. The van der Waals surface area contributed by atoms with Gasteiger partial charge in [0, 0.05) is 6.42 Å². The van der Waals surface area contributed by atoms with Crippen LogP contribution in [0.5, 0.6) is 0 Å². The van der Waals surface area contributed by atoms with Crippen LogP contribution < -0.4 is 10.6 Å². The Hall–Kier alpha value is -1.12. The Kier molecular flexibility index (Phi) is 7.06. The molecule has 1 aromatic heterocycles. The van der Waals surface area contributed by atoms with Gasteiger partial charge in [0.2, 0.25) is 0 Å². The predicted octanol–water partition coefficient (Wildman–Crippen LogP) is 4.04. The van der Waals surface area contributed by atoms with Gasteiger partial charge in [0.1, 0.15) is 20.1 Å². The third-order valence-electron chi connectivity index (χ3n) is 2.82. The van der Waals surface area contributed by atoms with Gasteiger partial charge in [0.25, 0.3) is 5.91 Å². The number of halogens is 3. The molecule has 0 fully saturated rings. The maximum atomic E-state index is 12.7. The van der Waals surface area contributed by atoms with Crippen molar-refractivity contribution in [3.63, 3.8) is 0 Å². The average molecular weight is 456 g/mol. The summed E-state index contributed by atoms with van der Waals surface area (Å²) in [7, 11) is 0. The number of anilines is 1. The van der Waals surface area contributed by atoms with Crippen molar-refractivity contribution in [2.75, 3.05) is 5.32 Å². The molecular formula is C15H21BrCl2N4O3. The first-order valence-electron chi connectivity index (χ1n) is 7.40. The molecule has 0 aliphatic carbocycles. The highest BCUT2D eigenvalue weighted by molar-refractivity contribution is 9.10. The summed E-state index contributed by atoms with van der Waals surface area (Å²) in [5, 5.41) is 12.7. The number of carbonyl (C=O) groups is 2. The molecule has 2 amide bonds. The number of rotatable bonds is 5. The topological polar surface area (TPSA) is 93.2 Å². The van der Waals surface area contributed by atoms with E-state index in [4.69, 9.17) is 27.9 Å². The number of amides is 2. The number of nitrogens with zero attached hydrogens (tertiary/aromatic N) is 2. The van der Waals surface area contributed by atoms with Crippen LogP contribution >= 0.6 is 39.1 Å². The Labute approximate surface area is 165 Å². The Morgan fingerprint density at radius 2 is 1.76 bits per heavy atom. The SMILES string of the molecule is CC(Cl)(Cl)C[C@](C)(NC(=O)OC(C)(C)C)C(=O)Nc1ccc(Br)nn1. The van der Waals surface area contributed by atoms with Crippen LogP contribution in [0.25, 0.3) is 0 Å². The molecule has 0 unspecified atom stereocenters. The van der Waals surface area contributed by atoms with E-state index in [9.17, 15) is 9.59 Å². The van der Waals surface area contributed by atoms with E-state index in [1.807, 2.05) is 0 Å². The summed E-state index contributed by atoms with van der Waals surface area (Å²) in [4.78, 5) is 24.8. The molecule has 10 heteroatoms. The minimum atomic E-state index is -1.44. The highest BCUT2D eigenvalue weighted by Gasteiger charge is 2.41. The lowest BCUT2D eigenvalue weighted by molar-refractivity contribution is -0.122. The van der Waals surface area contributed by atoms with Crippen LogP contribution in [0.3, 0.4) is 0 Å². The molecule has 7 nitrogen and oxygen atoms in total. The molecule has 1 aromatic rings. The van der Waals surface area contributed by atoms with Crippen LogP contribution in [-0.4, -0.2) is 37.7 Å². The molecule has 2 N–H and O–H groups in total. The van der Waals surface area contributed by atoms with E-state index in [-0.39, 0.29) is 12.2 Å². The Balaban J connectivity index is 2.98. The molecule has 0 radical (unpaired) electrons. The van der Waals surface area contributed by atoms with Gasteiger partial charge in [-0.3, -0.25) is 4.79 Å². The molecule has 0 aromatic carbocycles. The van der Waals surface area contributed by atoms with E-state index >= 15 is 0 Å². The molecule has 1 atom stereocenters. The summed E-state index contributed by atoms with van der Waals surface area (Å²) in [6, 6.07) is 3.18. The fourth-order valence-corrected chi connectivity index (χ4v) is 2.71. The second-order valence-corrected chi connectivity index (χ2v) is 9.58. The molecule has 0 spiro atoms. The van der Waals surface area contributed by atoms with E-state index in [2.05, 4.69) is 36.8 Å². The monoisotopic (exact) mass is 454 g/mol. The van der Waals surface area contributed by atoms with Crippen LogP contribution in [-0.2, 0) is 9.53 Å². The van der Waals surface area contributed by atoms with Crippen LogP contribution in [0, 0.1) is 0 Å². The third-order valence-corrected chi connectivity index (χ3v) is 3.51. The normalized spacial score (nSPS) is 14.4. The number of nitrogens with one attached hydrogen (secondary N) is 2. The molecule has 0 aliphatic rings. The van der Waals surface area contributed by atoms with Crippen molar-refractivity contribution in [1.29, 1.82) is 0 Å². The Bertz CT molecular complexity index is 629. The average Bonchev–Trinajstić information content (AvgIpc) is 2.36. The highest BCUT2D eigenvalue weighted by atomic mass is 79.9. The van der Waals surface area contributed by atoms with Gasteiger partial charge in [-0.25, -0.2) is 4.79 Å². The lowest BCUT2D eigenvalue weighted by Crippen LogP contribution is -2.57. The quantitative estimate of drug-likeness (QED) is 0.653. The van der Waals surface area contributed by atoms with Crippen LogP contribution in [0.4, 0.5) is 10.6 Å². The van der Waals surface area contributed by atoms with Crippen molar-refractivity contribution >= 4 is 57.0 Å². The number of alkyl carbamates (subject to hydrolysis) is 1. The van der Waals surface area contributed by atoms with E-state index in [0.717, 1.165) is 0 Å². The zero-order chi connectivity index (χ0) is 19.5. The number of hydrogen-bond acceptors (Lipinski definition) is 5. The first-order valence-corrected chi connectivity index (χ1v) is 8.95. The molecule has 1 heterocycles. The third kappa shape index (κ3) is 8.20. The zero-order valence-electron chi connectivity index (χ0n) is 14.6. The minimum Gasteiger partial charge on any atom is -0.444 e. The van der Waals surface area contributed by atoms with E-state index in [1.165, 1.54) is 13.8 Å². The lowest BCUT2D eigenvalue weighted by Gasteiger charge is -2.33. The van der Waals surface area contributed by atoms with Crippen molar-refractivity contribution in [1.82, 2.24) is 15.5 Å². The summed E-state index contributed by atoms with van der Waals surface area (Å²) in [6.45, 7) is 8.18. The van der Waals surface area contributed by atoms with Crippen molar-refractivity contribution in [3.05, 3.63) is 16.7 Å². The largest absolute Gasteiger partial charge is 0.444 e. The van der Waals surface area contributed by atoms with Crippen molar-refractivity contribution in [3.8, 4) is 0 Å². The first-order chi connectivity index (χ1) is 11.2. The van der Waals surface area contributed by atoms with Gasteiger partial charge in [-0.2, -0.15) is 0 Å². The van der Waals surface area contributed by atoms with Crippen LogP contribution in [0.2, 0.25) is 0 Å². The molecule has 0 bridgehead atoms. The lowest BCUT2D eigenvalue weighted by atomic mass is 9.94. The fraction of sp³-hybridized carbons (Fsp3) is 0.600. The molecule has 0 aliphatic heterocycles. The van der Waals surface area contributed by atoms with Gasteiger partial charge in [0.05, 0.1) is 0 Å². The first kappa shape index (κ1) is 21.9. The van der Waals surface area contributed by atoms with Gasteiger partial charge in [-0.05, 0) is 62.7 Å². The number of alkyl halides is 2. The maximum Gasteiger partial charge on any atom is 0.408 e. The number of ether oxygens (including phenoxy) is 1. The highest BCUT2D eigenvalue weighted by Crippen LogP contribution is 2.31. The molecule has 0 saturated carbocycles.